The first-order valence-electron chi connectivity index (χ1n) is 5.29. The predicted octanol–water partition coefficient (Wildman–Crippen LogP) is 0.0199. The van der Waals surface area contributed by atoms with Crippen molar-refractivity contribution in [1.82, 2.24) is 9.62 Å². The van der Waals surface area contributed by atoms with Crippen LogP contribution in [0.15, 0.2) is 0 Å². The standard InChI is InChI=1S/C9H18N2O2S/c1-8-6-11(5-4-10-8)14(12,13)7-9-2-3-9/h8-10H,2-7H2,1H3. The second-order valence-corrected chi connectivity index (χ2v) is 6.45. The van der Waals surface area contributed by atoms with Crippen LogP contribution in [0.1, 0.15) is 19.8 Å². The Bertz CT molecular complexity index is 298. The van der Waals surface area contributed by atoms with Gasteiger partial charge >= 0.3 is 0 Å². The Labute approximate surface area is 85.7 Å². The molecule has 1 saturated heterocycles. The molecule has 1 N–H and O–H groups in total. The van der Waals surface area contributed by atoms with Gasteiger partial charge in [-0.15, -0.1) is 0 Å². The minimum absolute atomic E-state index is 0.290. The van der Waals surface area contributed by atoms with E-state index < -0.39 is 10.0 Å². The monoisotopic (exact) mass is 218 g/mol. The van der Waals surface area contributed by atoms with Gasteiger partial charge in [0.05, 0.1) is 5.75 Å². The molecule has 0 radical (unpaired) electrons. The molecule has 1 aliphatic heterocycles. The Morgan fingerprint density at radius 2 is 2.14 bits per heavy atom. The van der Waals surface area contributed by atoms with E-state index in [1.54, 1.807) is 4.31 Å². The summed E-state index contributed by atoms with van der Waals surface area (Å²) in [6.07, 6.45) is 2.20. The molecule has 1 atom stereocenters. The van der Waals surface area contributed by atoms with E-state index in [4.69, 9.17) is 0 Å². The van der Waals surface area contributed by atoms with Crippen LogP contribution in [-0.4, -0.2) is 44.2 Å². The van der Waals surface area contributed by atoms with Gasteiger partial charge in [0.15, 0.2) is 0 Å². The Morgan fingerprint density at radius 3 is 2.71 bits per heavy atom. The van der Waals surface area contributed by atoms with Crippen LogP contribution in [0.3, 0.4) is 0 Å². The van der Waals surface area contributed by atoms with Gasteiger partial charge in [0.1, 0.15) is 0 Å². The molecule has 1 saturated carbocycles. The van der Waals surface area contributed by atoms with E-state index in [9.17, 15) is 8.42 Å². The largest absolute Gasteiger partial charge is 0.312 e. The predicted molar refractivity (Wildman–Crippen MR) is 55.5 cm³/mol. The van der Waals surface area contributed by atoms with E-state index in [0.29, 0.717) is 24.8 Å². The fraction of sp³-hybridized carbons (Fsp3) is 1.00. The molecular formula is C9H18N2O2S. The van der Waals surface area contributed by atoms with Gasteiger partial charge < -0.3 is 5.32 Å². The first kappa shape index (κ1) is 10.4. The van der Waals surface area contributed by atoms with E-state index in [1.165, 1.54) is 0 Å². The summed E-state index contributed by atoms with van der Waals surface area (Å²) in [5.74, 6) is 0.824. The fourth-order valence-electron chi connectivity index (χ4n) is 1.84. The fourth-order valence-corrected chi connectivity index (χ4v) is 3.80. The van der Waals surface area contributed by atoms with Gasteiger partial charge in [-0.3, -0.25) is 0 Å². The molecule has 14 heavy (non-hydrogen) atoms. The zero-order valence-corrected chi connectivity index (χ0v) is 9.39. The van der Waals surface area contributed by atoms with Crippen molar-refractivity contribution in [1.29, 1.82) is 0 Å². The summed E-state index contributed by atoms with van der Waals surface area (Å²) >= 11 is 0. The molecule has 82 valence electrons. The van der Waals surface area contributed by atoms with Crippen LogP contribution in [0.2, 0.25) is 0 Å². The van der Waals surface area contributed by atoms with Crippen LogP contribution in [0.5, 0.6) is 0 Å². The van der Waals surface area contributed by atoms with Gasteiger partial charge in [0.2, 0.25) is 10.0 Å². The zero-order chi connectivity index (χ0) is 10.2. The highest BCUT2D eigenvalue weighted by atomic mass is 32.2. The summed E-state index contributed by atoms with van der Waals surface area (Å²) in [4.78, 5) is 0. The molecule has 1 heterocycles. The van der Waals surface area contributed by atoms with Gasteiger partial charge in [-0.1, -0.05) is 0 Å². The molecule has 0 amide bonds. The van der Waals surface area contributed by atoms with Crippen molar-refractivity contribution in [3.8, 4) is 0 Å². The molecule has 0 spiro atoms. The third kappa shape index (κ3) is 2.46. The van der Waals surface area contributed by atoms with E-state index in [0.717, 1.165) is 19.4 Å². The van der Waals surface area contributed by atoms with E-state index in [1.807, 2.05) is 6.92 Å². The molecule has 0 aromatic rings. The lowest BCUT2D eigenvalue weighted by atomic mass is 10.3. The van der Waals surface area contributed by atoms with Crippen LogP contribution in [0.4, 0.5) is 0 Å². The number of sulfonamides is 1. The Kier molecular flexibility index (Phi) is 2.81. The zero-order valence-electron chi connectivity index (χ0n) is 8.57. The summed E-state index contributed by atoms with van der Waals surface area (Å²) in [5, 5.41) is 3.25. The first-order chi connectivity index (χ1) is 6.58. The number of nitrogens with one attached hydrogen (secondary N) is 1. The van der Waals surface area contributed by atoms with Crippen molar-refractivity contribution in [2.24, 2.45) is 5.92 Å². The molecule has 2 aliphatic rings. The maximum absolute atomic E-state index is 11.9. The van der Waals surface area contributed by atoms with Crippen LogP contribution >= 0.6 is 0 Å². The lowest BCUT2D eigenvalue weighted by Gasteiger charge is -2.31. The average molecular weight is 218 g/mol. The maximum Gasteiger partial charge on any atom is 0.214 e. The summed E-state index contributed by atoms with van der Waals surface area (Å²) in [6, 6.07) is 0.290. The SMILES string of the molecule is CC1CN(S(=O)(=O)CC2CC2)CCN1. The minimum atomic E-state index is -2.96. The number of piperazine rings is 1. The van der Waals surface area contributed by atoms with E-state index in [2.05, 4.69) is 5.32 Å². The van der Waals surface area contributed by atoms with Gasteiger partial charge in [-0.25, -0.2) is 8.42 Å². The number of nitrogens with zero attached hydrogens (tertiary/aromatic N) is 1. The van der Waals surface area contributed by atoms with Crippen molar-refractivity contribution < 1.29 is 8.42 Å². The molecule has 1 aliphatic carbocycles. The molecule has 5 heteroatoms. The quantitative estimate of drug-likeness (QED) is 0.726. The van der Waals surface area contributed by atoms with Crippen LogP contribution in [0, 0.1) is 5.92 Å². The summed E-state index contributed by atoms with van der Waals surface area (Å²) in [6.45, 7) is 4.08. The molecule has 4 nitrogen and oxygen atoms in total. The van der Waals surface area contributed by atoms with Crippen molar-refractivity contribution in [2.75, 3.05) is 25.4 Å². The lowest BCUT2D eigenvalue weighted by Crippen LogP contribution is -2.51. The van der Waals surface area contributed by atoms with Gasteiger partial charge in [-0.2, -0.15) is 4.31 Å². The van der Waals surface area contributed by atoms with Gasteiger partial charge in [0, 0.05) is 25.7 Å². The van der Waals surface area contributed by atoms with Crippen LogP contribution < -0.4 is 5.32 Å². The Balaban J connectivity index is 1.97. The van der Waals surface area contributed by atoms with E-state index >= 15 is 0 Å². The van der Waals surface area contributed by atoms with Crippen molar-refractivity contribution in [2.45, 2.75) is 25.8 Å². The number of rotatable bonds is 3. The van der Waals surface area contributed by atoms with Crippen molar-refractivity contribution >= 4 is 10.0 Å². The maximum atomic E-state index is 11.9. The van der Waals surface area contributed by atoms with Crippen LogP contribution in [-0.2, 0) is 10.0 Å². The third-order valence-corrected chi connectivity index (χ3v) is 4.88. The summed E-state index contributed by atoms with van der Waals surface area (Å²) < 4.78 is 25.4. The molecule has 1 unspecified atom stereocenters. The third-order valence-electron chi connectivity index (χ3n) is 2.87. The topological polar surface area (TPSA) is 49.4 Å². The highest BCUT2D eigenvalue weighted by Crippen LogP contribution is 2.31. The second-order valence-electron chi connectivity index (χ2n) is 4.44. The van der Waals surface area contributed by atoms with E-state index in [-0.39, 0.29) is 6.04 Å². The molecular weight excluding hydrogens is 200 g/mol. The van der Waals surface area contributed by atoms with Crippen molar-refractivity contribution in [3.05, 3.63) is 0 Å². The highest BCUT2D eigenvalue weighted by molar-refractivity contribution is 7.89. The minimum Gasteiger partial charge on any atom is -0.312 e. The molecule has 2 rings (SSSR count). The smallest absolute Gasteiger partial charge is 0.214 e. The summed E-state index contributed by atoms with van der Waals surface area (Å²) in [5.41, 5.74) is 0. The van der Waals surface area contributed by atoms with Gasteiger partial charge in [-0.05, 0) is 25.7 Å². The van der Waals surface area contributed by atoms with Crippen LogP contribution in [0.25, 0.3) is 0 Å². The summed E-state index contributed by atoms with van der Waals surface area (Å²) in [7, 11) is -2.96. The lowest BCUT2D eigenvalue weighted by molar-refractivity contribution is 0.309. The second kappa shape index (κ2) is 3.79. The normalized spacial score (nSPS) is 30.5. The number of hydrogen-bond donors (Lipinski definition) is 1. The first-order valence-corrected chi connectivity index (χ1v) is 6.90. The van der Waals surface area contributed by atoms with Crippen molar-refractivity contribution in [3.63, 3.8) is 0 Å². The number of hydrogen-bond acceptors (Lipinski definition) is 3. The molecule has 0 bridgehead atoms. The molecule has 2 fully saturated rings. The molecule has 0 aromatic carbocycles. The van der Waals surface area contributed by atoms with Gasteiger partial charge in [0.25, 0.3) is 0 Å². The molecule has 0 aromatic heterocycles. The Morgan fingerprint density at radius 1 is 1.43 bits per heavy atom. The average Bonchev–Trinajstić information content (AvgIpc) is 2.87. The highest BCUT2D eigenvalue weighted by Gasteiger charge is 2.33. The Hall–Kier alpha value is -0.130.